The summed E-state index contributed by atoms with van der Waals surface area (Å²) in [5.74, 6) is -0.660. The first kappa shape index (κ1) is 23.5. The van der Waals surface area contributed by atoms with Gasteiger partial charge < -0.3 is 15.0 Å². The zero-order valence-electron chi connectivity index (χ0n) is 15.8. The Hall–Kier alpha value is -2.20. The van der Waals surface area contributed by atoms with Crippen LogP contribution in [0.2, 0.25) is 10.0 Å². The maximum Gasteiger partial charge on any atom is 0.416 e. The Morgan fingerprint density at radius 1 is 1.16 bits per heavy atom. The molecule has 0 radical (unpaired) electrons. The molecule has 0 aliphatic rings. The molecule has 1 aromatic heterocycles. The summed E-state index contributed by atoms with van der Waals surface area (Å²) in [6, 6.07) is 9.90. The molecule has 2 aromatic carbocycles. The van der Waals surface area contributed by atoms with Crippen molar-refractivity contribution in [1.29, 1.82) is 0 Å². The fourth-order valence-electron chi connectivity index (χ4n) is 2.66. The number of carbonyl (C=O) groups excluding carboxylic acids is 1. The topological polar surface area (TPSA) is 67.1 Å². The number of halogens is 5. The number of hydrogen-bond acceptors (Lipinski definition) is 4. The predicted octanol–water partition coefficient (Wildman–Crippen LogP) is 5.48. The van der Waals surface area contributed by atoms with E-state index in [9.17, 15) is 23.1 Å². The van der Waals surface area contributed by atoms with Gasteiger partial charge in [-0.15, -0.1) is 0 Å². The lowest BCUT2D eigenvalue weighted by molar-refractivity contribution is -0.137. The van der Waals surface area contributed by atoms with Crippen LogP contribution in [-0.4, -0.2) is 26.3 Å². The van der Waals surface area contributed by atoms with Gasteiger partial charge in [-0.1, -0.05) is 47.1 Å². The summed E-state index contributed by atoms with van der Waals surface area (Å²) in [5.41, 5.74) is 0.333. The lowest BCUT2D eigenvalue weighted by atomic mass is 10.2. The number of amides is 1. The molecular formula is C20H16Cl2F3N3O2S. The first-order valence-corrected chi connectivity index (χ1v) is 10.6. The van der Waals surface area contributed by atoms with E-state index < -0.39 is 17.6 Å². The van der Waals surface area contributed by atoms with Crippen molar-refractivity contribution in [3.8, 4) is 0 Å². The van der Waals surface area contributed by atoms with Crippen LogP contribution in [0.5, 0.6) is 0 Å². The second kappa shape index (κ2) is 9.95. The van der Waals surface area contributed by atoms with Gasteiger partial charge in [-0.05, 0) is 35.9 Å². The lowest BCUT2D eigenvalue weighted by Gasteiger charge is -2.12. The number of anilines is 1. The van der Waals surface area contributed by atoms with Gasteiger partial charge in [0.15, 0.2) is 5.16 Å². The average Bonchev–Trinajstić information content (AvgIpc) is 3.11. The molecule has 1 amide bonds. The second-order valence-corrected chi connectivity index (χ2v) is 8.24. The van der Waals surface area contributed by atoms with Crippen LogP contribution < -0.4 is 5.32 Å². The molecule has 164 valence electrons. The lowest BCUT2D eigenvalue weighted by Crippen LogP contribution is -2.16. The van der Waals surface area contributed by atoms with Crippen LogP contribution in [0.15, 0.2) is 53.8 Å². The molecule has 2 N–H and O–H groups in total. The number of hydrogen-bond donors (Lipinski definition) is 2. The van der Waals surface area contributed by atoms with E-state index in [4.69, 9.17) is 23.2 Å². The number of nitrogens with one attached hydrogen (secondary N) is 1. The molecule has 5 nitrogen and oxygen atoms in total. The number of thioether (sulfide) groups is 1. The van der Waals surface area contributed by atoms with Crippen molar-refractivity contribution in [3.63, 3.8) is 0 Å². The molecule has 3 aromatic rings. The summed E-state index contributed by atoms with van der Waals surface area (Å²) in [4.78, 5) is 16.6. The predicted molar refractivity (Wildman–Crippen MR) is 115 cm³/mol. The number of alkyl halides is 3. The smallest absolute Gasteiger partial charge is 0.390 e. The molecule has 3 rings (SSSR count). The van der Waals surface area contributed by atoms with Crippen molar-refractivity contribution in [1.82, 2.24) is 9.55 Å². The van der Waals surface area contributed by atoms with Gasteiger partial charge in [-0.2, -0.15) is 13.2 Å². The Bertz CT molecular complexity index is 1070. The van der Waals surface area contributed by atoms with Crippen molar-refractivity contribution in [3.05, 3.63) is 75.5 Å². The summed E-state index contributed by atoms with van der Waals surface area (Å²) in [6.45, 7) is 0.167. The maximum absolute atomic E-state index is 12.9. The number of rotatable bonds is 7. The number of benzene rings is 2. The minimum atomic E-state index is -4.55. The normalized spacial score (nSPS) is 11.5. The van der Waals surface area contributed by atoms with Gasteiger partial charge in [0.2, 0.25) is 5.91 Å². The quantitative estimate of drug-likeness (QED) is 0.431. The van der Waals surface area contributed by atoms with E-state index in [0.717, 1.165) is 35.5 Å². The Morgan fingerprint density at radius 3 is 2.52 bits per heavy atom. The second-order valence-electron chi connectivity index (χ2n) is 6.46. The van der Waals surface area contributed by atoms with Crippen LogP contribution >= 0.6 is 35.0 Å². The van der Waals surface area contributed by atoms with Crippen LogP contribution in [0.25, 0.3) is 0 Å². The molecule has 0 fully saturated rings. The highest BCUT2D eigenvalue weighted by Crippen LogP contribution is 2.34. The molecule has 0 atom stereocenters. The maximum atomic E-state index is 12.9. The van der Waals surface area contributed by atoms with Gasteiger partial charge in [0, 0.05) is 17.8 Å². The summed E-state index contributed by atoms with van der Waals surface area (Å²) in [5, 5.41) is 12.9. The number of aliphatic hydroxyl groups excluding tert-OH is 1. The minimum Gasteiger partial charge on any atom is -0.390 e. The molecule has 0 bridgehead atoms. The minimum absolute atomic E-state index is 0.00171. The summed E-state index contributed by atoms with van der Waals surface area (Å²) < 4.78 is 40.4. The first-order valence-electron chi connectivity index (χ1n) is 8.86. The van der Waals surface area contributed by atoms with Gasteiger partial charge in [0.1, 0.15) is 0 Å². The fraction of sp³-hybridized carbons (Fsp3) is 0.200. The molecule has 0 saturated heterocycles. The number of nitrogens with zero attached hydrogens (tertiary/aromatic N) is 2. The third-order valence-electron chi connectivity index (χ3n) is 4.12. The average molecular weight is 490 g/mol. The Balaban J connectivity index is 1.69. The third kappa shape index (κ3) is 6.39. The van der Waals surface area contributed by atoms with E-state index in [1.807, 2.05) is 12.1 Å². The van der Waals surface area contributed by atoms with Gasteiger partial charge in [0.05, 0.1) is 34.3 Å². The van der Waals surface area contributed by atoms with E-state index in [-0.39, 0.29) is 23.1 Å². The SMILES string of the molecule is O=C(CSc1nc(CO)cn1Cc1ccc(Cl)cc1)Nc1cc(C(F)(F)F)ccc1Cl. The van der Waals surface area contributed by atoms with Crippen LogP contribution in [-0.2, 0) is 24.1 Å². The number of aromatic nitrogens is 2. The van der Waals surface area contributed by atoms with E-state index >= 15 is 0 Å². The van der Waals surface area contributed by atoms with E-state index in [1.165, 1.54) is 0 Å². The highest BCUT2D eigenvalue weighted by Gasteiger charge is 2.31. The van der Waals surface area contributed by atoms with E-state index in [1.54, 1.807) is 22.9 Å². The molecule has 11 heteroatoms. The van der Waals surface area contributed by atoms with Crippen molar-refractivity contribution < 1.29 is 23.1 Å². The molecular weight excluding hydrogens is 474 g/mol. The monoisotopic (exact) mass is 489 g/mol. The van der Waals surface area contributed by atoms with Gasteiger partial charge in [0.25, 0.3) is 0 Å². The van der Waals surface area contributed by atoms with E-state index in [2.05, 4.69) is 10.3 Å². The number of aliphatic hydroxyl groups is 1. The highest BCUT2D eigenvalue weighted by atomic mass is 35.5. The highest BCUT2D eigenvalue weighted by molar-refractivity contribution is 7.99. The zero-order chi connectivity index (χ0) is 22.6. The fourth-order valence-corrected chi connectivity index (χ4v) is 3.74. The molecule has 0 saturated carbocycles. The summed E-state index contributed by atoms with van der Waals surface area (Å²) in [7, 11) is 0. The van der Waals surface area contributed by atoms with Crippen LogP contribution in [0.3, 0.4) is 0 Å². The van der Waals surface area contributed by atoms with Crippen molar-refractivity contribution >= 4 is 46.6 Å². The Kier molecular flexibility index (Phi) is 7.53. The molecule has 1 heterocycles. The molecule has 0 unspecified atom stereocenters. The van der Waals surface area contributed by atoms with Crippen molar-refractivity contribution in [2.75, 3.05) is 11.1 Å². The van der Waals surface area contributed by atoms with E-state index in [0.29, 0.717) is 22.4 Å². The Morgan fingerprint density at radius 2 is 1.87 bits per heavy atom. The zero-order valence-corrected chi connectivity index (χ0v) is 18.1. The standard InChI is InChI=1S/C20H16Cl2F3N3O2S/c21-14-4-1-12(2-5-14)8-28-9-15(10-29)26-19(28)31-11-18(30)27-17-7-13(20(23,24)25)3-6-16(17)22/h1-7,9,29H,8,10-11H2,(H,27,30). The molecule has 0 aliphatic heterocycles. The third-order valence-corrected chi connectivity index (χ3v) is 5.69. The molecule has 31 heavy (non-hydrogen) atoms. The number of carbonyl (C=O) groups is 1. The summed E-state index contributed by atoms with van der Waals surface area (Å²) in [6.07, 6.45) is -2.88. The Labute approximate surface area is 190 Å². The van der Waals surface area contributed by atoms with Gasteiger partial charge in [-0.3, -0.25) is 4.79 Å². The van der Waals surface area contributed by atoms with Crippen LogP contribution in [0.4, 0.5) is 18.9 Å². The molecule has 0 spiro atoms. The van der Waals surface area contributed by atoms with Crippen LogP contribution in [0.1, 0.15) is 16.8 Å². The largest absolute Gasteiger partial charge is 0.416 e. The number of imidazole rings is 1. The van der Waals surface area contributed by atoms with Gasteiger partial charge in [-0.25, -0.2) is 4.98 Å². The summed E-state index contributed by atoms with van der Waals surface area (Å²) >= 11 is 12.9. The van der Waals surface area contributed by atoms with Gasteiger partial charge >= 0.3 is 6.18 Å². The van der Waals surface area contributed by atoms with Crippen molar-refractivity contribution in [2.24, 2.45) is 0 Å². The molecule has 0 aliphatic carbocycles. The first-order chi connectivity index (χ1) is 14.7. The van der Waals surface area contributed by atoms with Crippen molar-refractivity contribution in [2.45, 2.75) is 24.5 Å². The van der Waals surface area contributed by atoms with Crippen LogP contribution in [0, 0.1) is 0 Å².